The summed E-state index contributed by atoms with van der Waals surface area (Å²) in [6.07, 6.45) is 1.12. The van der Waals surface area contributed by atoms with Gasteiger partial charge in [-0.1, -0.05) is 88.0 Å². The van der Waals surface area contributed by atoms with E-state index in [-0.39, 0.29) is 11.6 Å². The number of hydrogen-bond acceptors (Lipinski definition) is 13. The summed E-state index contributed by atoms with van der Waals surface area (Å²) in [5.74, 6) is -0.460. The van der Waals surface area contributed by atoms with E-state index in [1.165, 1.54) is 10.4 Å². The fourth-order valence-corrected chi connectivity index (χ4v) is 9.90. The van der Waals surface area contributed by atoms with Crippen LogP contribution < -0.4 is 10.4 Å². The van der Waals surface area contributed by atoms with Crippen molar-refractivity contribution in [2.45, 2.75) is 25.8 Å². The molecular weight excluding hydrogens is 729 g/mol. The maximum atomic E-state index is 10.9. The van der Waals surface area contributed by atoms with E-state index in [4.69, 9.17) is 56.5 Å². The van der Waals surface area contributed by atoms with Crippen molar-refractivity contribution in [3.05, 3.63) is 73.3 Å². The van der Waals surface area contributed by atoms with Gasteiger partial charge in [0, 0.05) is 6.08 Å². The molecule has 0 fully saturated rings. The van der Waals surface area contributed by atoms with Gasteiger partial charge in [0.2, 0.25) is 0 Å². The molecule has 0 heterocycles. The molecule has 0 saturated heterocycles. The van der Waals surface area contributed by atoms with Gasteiger partial charge in [-0.05, 0) is 15.4 Å². The molecule has 0 bridgehead atoms. The average molecular weight is 795 g/mol. The van der Waals surface area contributed by atoms with Crippen molar-refractivity contribution in [3.63, 3.8) is 0 Å². The molecule has 0 unspecified atom stereocenters. The number of hydrogen-bond donors (Lipinski definition) is 0. The molecule has 0 aliphatic carbocycles. The predicted octanol–water partition coefficient (Wildman–Crippen LogP) is 3.46. The van der Waals surface area contributed by atoms with Crippen LogP contribution in [0.15, 0.2) is 73.3 Å². The Morgan fingerprint density at radius 3 is 0.964 bits per heavy atom. The molecule has 0 saturated carbocycles. The molecule has 312 valence electrons. The minimum atomic E-state index is -2.54. The Hall–Kier alpha value is -2.57. The SMILES string of the molecule is C=CC(=O)OCCOCCOCCOCCOCCOCCOCCOCCOCCOCCOCCO[Si](c1ccccc1)(c1ccccc1)C(C)(C)C. The second kappa shape index (κ2) is 32.5. The summed E-state index contributed by atoms with van der Waals surface area (Å²) in [5.41, 5.74) is 0. The van der Waals surface area contributed by atoms with Crippen molar-refractivity contribution >= 4 is 24.7 Å². The van der Waals surface area contributed by atoms with E-state index >= 15 is 0 Å². The van der Waals surface area contributed by atoms with Gasteiger partial charge in [-0.25, -0.2) is 4.79 Å². The summed E-state index contributed by atoms with van der Waals surface area (Å²) in [4.78, 5) is 10.9. The van der Waals surface area contributed by atoms with Gasteiger partial charge in [0.1, 0.15) is 6.61 Å². The maximum absolute atomic E-state index is 10.9. The highest BCUT2D eigenvalue weighted by Gasteiger charge is 2.50. The van der Waals surface area contributed by atoms with Crippen LogP contribution in [0, 0.1) is 0 Å². The van der Waals surface area contributed by atoms with Gasteiger partial charge in [-0.2, -0.15) is 0 Å². The Balaban J connectivity index is 1.30. The van der Waals surface area contributed by atoms with Crippen molar-refractivity contribution in [3.8, 4) is 0 Å². The Labute approximate surface area is 329 Å². The summed E-state index contributed by atoms with van der Waals surface area (Å²) in [6, 6.07) is 21.2. The molecule has 2 aromatic rings. The van der Waals surface area contributed by atoms with Crippen molar-refractivity contribution in [1.82, 2.24) is 0 Å². The number of esters is 1. The zero-order chi connectivity index (χ0) is 39.6. The number of ether oxygens (including phenoxy) is 11. The molecule has 0 N–H and O–H groups in total. The van der Waals surface area contributed by atoms with Crippen LogP contribution in [0.1, 0.15) is 20.8 Å². The lowest BCUT2D eigenvalue weighted by Crippen LogP contribution is -2.66. The van der Waals surface area contributed by atoms with E-state index in [9.17, 15) is 4.79 Å². The summed E-state index contributed by atoms with van der Waals surface area (Å²) >= 11 is 0. The Kier molecular flexibility index (Phi) is 28.7. The molecule has 0 aliphatic heterocycles. The molecular formula is C41H66O13Si. The first-order valence-corrected chi connectivity index (χ1v) is 21.1. The van der Waals surface area contributed by atoms with Crippen molar-refractivity contribution in [1.29, 1.82) is 0 Å². The van der Waals surface area contributed by atoms with Crippen LogP contribution in [0.4, 0.5) is 0 Å². The van der Waals surface area contributed by atoms with Crippen molar-refractivity contribution in [2.75, 3.05) is 145 Å². The monoisotopic (exact) mass is 794 g/mol. The minimum absolute atomic E-state index is 0.0610. The molecule has 55 heavy (non-hydrogen) atoms. The zero-order valence-corrected chi connectivity index (χ0v) is 34.4. The number of carbonyl (C=O) groups is 1. The Bertz CT molecular complexity index is 1140. The molecule has 0 atom stereocenters. The highest BCUT2D eigenvalue weighted by molar-refractivity contribution is 6.99. The standard InChI is InChI=1S/C41H66O13Si/c1-5-40(42)53-36-34-51-32-30-49-28-26-47-24-22-45-20-18-43-16-17-44-19-21-46-23-25-48-27-29-50-31-33-52-35-37-54-55(41(2,3)4,38-12-8-6-9-13-38)39-14-10-7-11-15-39/h5-15H,1,16-37H2,2-4H3. The quantitative estimate of drug-likeness (QED) is 0.0430. The second-order valence-electron chi connectivity index (χ2n) is 13.0. The molecule has 0 spiro atoms. The first kappa shape index (κ1) is 48.6. The Morgan fingerprint density at radius 2 is 0.709 bits per heavy atom. The summed E-state index contributed by atoms with van der Waals surface area (Å²) in [7, 11) is -2.54. The predicted molar refractivity (Wildman–Crippen MR) is 213 cm³/mol. The summed E-state index contributed by atoms with van der Waals surface area (Å²) in [5, 5.41) is 2.47. The lowest BCUT2D eigenvalue weighted by Gasteiger charge is -2.43. The number of carbonyl (C=O) groups excluding carboxylic acids is 1. The average Bonchev–Trinajstić information content (AvgIpc) is 3.19. The molecule has 2 aromatic carbocycles. The minimum Gasteiger partial charge on any atom is -0.460 e. The van der Waals surface area contributed by atoms with Crippen LogP contribution in [-0.4, -0.2) is 160 Å². The third kappa shape index (κ3) is 22.7. The second-order valence-corrected chi connectivity index (χ2v) is 17.3. The fourth-order valence-electron chi connectivity index (χ4n) is 5.36. The van der Waals surface area contributed by atoms with Gasteiger partial charge < -0.3 is 56.5 Å². The van der Waals surface area contributed by atoms with E-state index in [2.05, 4.69) is 88.0 Å². The normalized spacial score (nSPS) is 11.9. The van der Waals surface area contributed by atoms with E-state index in [1.54, 1.807) is 0 Å². The topological polar surface area (TPSA) is 128 Å². The van der Waals surface area contributed by atoms with Gasteiger partial charge in [0.15, 0.2) is 0 Å². The lowest BCUT2D eigenvalue weighted by atomic mass is 10.2. The van der Waals surface area contributed by atoms with Gasteiger partial charge in [-0.3, -0.25) is 0 Å². The zero-order valence-electron chi connectivity index (χ0n) is 33.4. The van der Waals surface area contributed by atoms with Gasteiger partial charge in [0.25, 0.3) is 8.32 Å². The smallest absolute Gasteiger partial charge is 0.330 e. The molecule has 13 nitrogen and oxygen atoms in total. The fraction of sp³-hybridized carbons (Fsp3) is 0.634. The third-order valence-corrected chi connectivity index (χ3v) is 13.0. The molecule has 0 radical (unpaired) electrons. The maximum Gasteiger partial charge on any atom is 0.330 e. The van der Waals surface area contributed by atoms with Gasteiger partial charge >= 0.3 is 5.97 Å². The van der Waals surface area contributed by atoms with Gasteiger partial charge in [-0.15, -0.1) is 0 Å². The van der Waals surface area contributed by atoms with E-state index in [0.717, 1.165) is 6.08 Å². The molecule has 14 heteroatoms. The highest BCUT2D eigenvalue weighted by atomic mass is 28.4. The van der Waals surface area contributed by atoms with Crippen LogP contribution in [0.3, 0.4) is 0 Å². The summed E-state index contributed by atoms with van der Waals surface area (Å²) < 4.78 is 66.9. The van der Waals surface area contributed by atoms with Gasteiger partial charge in [0.05, 0.1) is 139 Å². The van der Waals surface area contributed by atoms with E-state index in [0.29, 0.717) is 139 Å². The first-order valence-electron chi connectivity index (χ1n) is 19.2. The Morgan fingerprint density at radius 1 is 0.455 bits per heavy atom. The van der Waals surface area contributed by atoms with Crippen LogP contribution in [-0.2, 0) is 61.3 Å². The number of rotatable bonds is 37. The molecule has 2 rings (SSSR count). The number of benzene rings is 2. The molecule has 0 aromatic heterocycles. The lowest BCUT2D eigenvalue weighted by molar-refractivity contribution is -0.139. The van der Waals surface area contributed by atoms with E-state index < -0.39 is 14.3 Å². The first-order chi connectivity index (χ1) is 26.9. The van der Waals surface area contributed by atoms with Crippen molar-refractivity contribution < 1.29 is 61.3 Å². The molecule has 0 aliphatic rings. The van der Waals surface area contributed by atoms with Crippen LogP contribution >= 0.6 is 0 Å². The summed E-state index contributed by atoms with van der Waals surface area (Å²) in [6.45, 7) is 20.4. The third-order valence-electron chi connectivity index (χ3n) is 7.95. The molecule has 0 amide bonds. The van der Waals surface area contributed by atoms with Crippen molar-refractivity contribution in [2.24, 2.45) is 0 Å². The van der Waals surface area contributed by atoms with Crippen LogP contribution in [0.2, 0.25) is 5.04 Å². The largest absolute Gasteiger partial charge is 0.460 e. The van der Waals surface area contributed by atoms with Crippen LogP contribution in [0.25, 0.3) is 0 Å². The highest BCUT2D eigenvalue weighted by Crippen LogP contribution is 2.36. The van der Waals surface area contributed by atoms with E-state index in [1.807, 2.05) is 0 Å². The van der Waals surface area contributed by atoms with Crippen LogP contribution in [0.5, 0.6) is 0 Å².